The first-order valence-electron chi connectivity index (χ1n) is 13.3. The summed E-state index contributed by atoms with van der Waals surface area (Å²) in [5.74, 6) is 0.678. The average Bonchev–Trinajstić information content (AvgIpc) is 3.44. The van der Waals surface area contributed by atoms with Crippen LogP contribution in [-0.2, 0) is 24.4 Å². The van der Waals surface area contributed by atoms with Crippen LogP contribution in [0.4, 0.5) is 0 Å². The zero-order valence-electron chi connectivity index (χ0n) is 22.5. The molecular formula is C32H33N3O3S. The molecule has 4 aromatic rings. The molecule has 0 bridgehead atoms. The number of benzene rings is 3. The average molecular weight is 540 g/mol. The number of hydrogen-bond acceptors (Lipinski definition) is 5. The van der Waals surface area contributed by atoms with Crippen LogP contribution in [-0.4, -0.2) is 40.2 Å². The maximum atomic E-state index is 13.2. The van der Waals surface area contributed by atoms with Crippen molar-refractivity contribution in [2.45, 2.75) is 39.5 Å². The molecule has 1 atom stereocenters. The Morgan fingerprint density at radius 1 is 1.05 bits per heavy atom. The Bertz CT molecular complexity index is 1440. The highest BCUT2D eigenvalue weighted by atomic mass is 32.1. The molecule has 0 fully saturated rings. The Morgan fingerprint density at radius 3 is 2.49 bits per heavy atom. The summed E-state index contributed by atoms with van der Waals surface area (Å²) < 4.78 is 6.15. The predicted octanol–water partition coefficient (Wildman–Crippen LogP) is 6.12. The highest BCUT2D eigenvalue weighted by Gasteiger charge is 2.33. The van der Waals surface area contributed by atoms with E-state index in [2.05, 4.69) is 29.2 Å². The lowest BCUT2D eigenvalue weighted by atomic mass is 9.87. The molecular weight excluding hydrogens is 506 g/mol. The Labute approximate surface area is 233 Å². The van der Waals surface area contributed by atoms with E-state index in [1.807, 2.05) is 73.3 Å². The summed E-state index contributed by atoms with van der Waals surface area (Å²) in [7, 11) is 1.79. The number of carbonyl (C=O) groups is 2. The van der Waals surface area contributed by atoms with Crippen molar-refractivity contribution >= 4 is 23.2 Å². The molecule has 0 spiro atoms. The fourth-order valence-electron chi connectivity index (χ4n) is 4.99. The third-order valence-corrected chi connectivity index (χ3v) is 7.80. The fourth-order valence-corrected chi connectivity index (χ4v) is 5.67. The number of aromatic nitrogens is 1. The zero-order chi connectivity index (χ0) is 27.4. The first kappa shape index (κ1) is 26.6. The molecule has 0 saturated heterocycles. The molecule has 0 aliphatic carbocycles. The lowest BCUT2D eigenvalue weighted by Gasteiger charge is -2.39. The normalized spacial score (nSPS) is 14.7. The van der Waals surface area contributed by atoms with Gasteiger partial charge in [0.2, 0.25) is 5.91 Å². The molecule has 2 amide bonds. The number of hydrogen-bond donors (Lipinski definition) is 0. The second-order valence-electron chi connectivity index (χ2n) is 10.2. The van der Waals surface area contributed by atoms with Crippen molar-refractivity contribution in [2.24, 2.45) is 5.92 Å². The van der Waals surface area contributed by atoms with E-state index in [1.54, 1.807) is 17.3 Å². The van der Waals surface area contributed by atoms with Gasteiger partial charge in [-0.25, -0.2) is 4.98 Å². The monoisotopic (exact) mass is 539 g/mol. The summed E-state index contributed by atoms with van der Waals surface area (Å²) >= 11 is 1.42. The lowest BCUT2D eigenvalue weighted by molar-refractivity contribution is -0.136. The third-order valence-electron chi connectivity index (χ3n) is 6.98. The second-order valence-corrected chi connectivity index (χ2v) is 11.1. The Morgan fingerprint density at radius 2 is 1.77 bits per heavy atom. The van der Waals surface area contributed by atoms with Gasteiger partial charge in [0.05, 0.1) is 6.04 Å². The number of ether oxygens (including phenoxy) is 1. The summed E-state index contributed by atoms with van der Waals surface area (Å²) in [6.07, 6.45) is 0.811. The van der Waals surface area contributed by atoms with Gasteiger partial charge < -0.3 is 14.5 Å². The van der Waals surface area contributed by atoms with Crippen LogP contribution < -0.4 is 4.74 Å². The highest BCUT2D eigenvalue weighted by Crippen LogP contribution is 2.38. The van der Waals surface area contributed by atoms with Gasteiger partial charge in [-0.15, -0.1) is 11.3 Å². The smallest absolute Gasteiger partial charge is 0.273 e. The number of amides is 2. The maximum absolute atomic E-state index is 13.2. The minimum atomic E-state index is -0.155. The van der Waals surface area contributed by atoms with Crippen LogP contribution in [0.2, 0.25) is 0 Å². The molecule has 3 aromatic carbocycles. The van der Waals surface area contributed by atoms with Crippen LogP contribution in [0, 0.1) is 5.92 Å². The molecule has 5 rings (SSSR count). The molecule has 39 heavy (non-hydrogen) atoms. The third kappa shape index (κ3) is 6.04. The van der Waals surface area contributed by atoms with Gasteiger partial charge >= 0.3 is 0 Å². The molecule has 2 heterocycles. The quantitative estimate of drug-likeness (QED) is 0.270. The molecule has 0 unspecified atom stereocenters. The molecule has 1 aliphatic heterocycles. The van der Waals surface area contributed by atoms with Crippen molar-refractivity contribution in [1.29, 1.82) is 0 Å². The molecule has 6 nitrogen and oxygen atoms in total. The minimum Gasteiger partial charge on any atom is -0.486 e. The van der Waals surface area contributed by atoms with Gasteiger partial charge in [0.15, 0.2) is 0 Å². The van der Waals surface area contributed by atoms with Crippen molar-refractivity contribution in [1.82, 2.24) is 14.8 Å². The van der Waals surface area contributed by atoms with E-state index in [-0.39, 0.29) is 30.4 Å². The molecule has 1 aromatic heterocycles. The first-order valence-corrected chi connectivity index (χ1v) is 14.1. The lowest BCUT2D eigenvalue weighted by Crippen LogP contribution is -2.42. The highest BCUT2D eigenvalue weighted by molar-refractivity contribution is 7.09. The Kier molecular flexibility index (Phi) is 8.07. The largest absolute Gasteiger partial charge is 0.486 e. The summed E-state index contributed by atoms with van der Waals surface area (Å²) in [6, 6.07) is 26.1. The van der Waals surface area contributed by atoms with E-state index in [9.17, 15) is 9.59 Å². The summed E-state index contributed by atoms with van der Waals surface area (Å²) in [6.45, 7) is 5.39. The molecule has 7 heteroatoms. The van der Waals surface area contributed by atoms with Crippen molar-refractivity contribution in [2.75, 3.05) is 13.6 Å². The zero-order valence-corrected chi connectivity index (χ0v) is 23.4. The summed E-state index contributed by atoms with van der Waals surface area (Å²) in [4.78, 5) is 34.3. The standard InChI is InChI=1S/C32H33N3O3S/c1-22(2)31(36)35-17-16-24-14-15-26(18-27(24)30(35)25-12-8-5-9-13-25)38-20-29-33-28(21-39-29)32(37)34(3)19-23-10-6-4-7-11-23/h4-15,18,21-22,30H,16-17,19-20H2,1-3H3/t30-/m1/s1. The van der Waals surface area contributed by atoms with Gasteiger partial charge in [-0.05, 0) is 40.8 Å². The van der Waals surface area contributed by atoms with Gasteiger partial charge in [0.1, 0.15) is 23.1 Å². The van der Waals surface area contributed by atoms with Gasteiger partial charge in [-0.2, -0.15) is 0 Å². The first-order chi connectivity index (χ1) is 18.9. The van der Waals surface area contributed by atoms with E-state index in [0.29, 0.717) is 18.8 Å². The van der Waals surface area contributed by atoms with Gasteiger partial charge in [-0.3, -0.25) is 9.59 Å². The Balaban J connectivity index is 1.31. The number of carbonyl (C=O) groups excluding carboxylic acids is 2. The number of thiazole rings is 1. The van der Waals surface area contributed by atoms with Crippen LogP contribution in [0.15, 0.2) is 84.2 Å². The second kappa shape index (κ2) is 11.8. The number of nitrogens with zero attached hydrogens (tertiary/aromatic N) is 3. The summed E-state index contributed by atoms with van der Waals surface area (Å²) in [5, 5.41) is 2.52. The maximum Gasteiger partial charge on any atom is 0.273 e. The van der Waals surface area contributed by atoms with E-state index in [0.717, 1.165) is 33.9 Å². The van der Waals surface area contributed by atoms with Crippen LogP contribution in [0.1, 0.15) is 57.6 Å². The summed E-state index contributed by atoms with van der Waals surface area (Å²) in [5.41, 5.74) is 4.91. The van der Waals surface area contributed by atoms with Gasteiger partial charge in [0.25, 0.3) is 5.91 Å². The van der Waals surface area contributed by atoms with Crippen LogP contribution in [0.5, 0.6) is 5.75 Å². The van der Waals surface area contributed by atoms with E-state index in [1.165, 1.54) is 16.9 Å². The van der Waals surface area contributed by atoms with Crippen LogP contribution >= 0.6 is 11.3 Å². The number of rotatable bonds is 8. The van der Waals surface area contributed by atoms with Crippen LogP contribution in [0.25, 0.3) is 0 Å². The molecule has 1 aliphatic rings. The minimum absolute atomic E-state index is 0.0780. The van der Waals surface area contributed by atoms with Crippen molar-refractivity contribution in [3.05, 3.63) is 117 Å². The SMILES string of the molecule is CC(C)C(=O)N1CCc2ccc(OCc3nc(C(=O)N(C)Cc4ccccc4)cs3)cc2[C@H]1c1ccccc1. The van der Waals surface area contributed by atoms with E-state index >= 15 is 0 Å². The molecule has 200 valence electrons. The predicted molar refractivity (Wildman–Crippen MR) is 154 cm³/mol. The van der Waals surface area contributed by atoms with Gasteiger partial charge in [0, 0.05) is 31.4 Å². The Hall–Kier alpha value is -3.97. The van der Waals surface area contributed by atoms with Crippen molar-refractivity contribution < 1.29 is 14.3 Å². The van der Waals surface area contributed by atoms with Gasteiger partial charge in [-0.1, -0.05) is 80.6 Å². The fraction of sp³-hybridized carbons (Fsp3) is 0.281. The molecule has 0 saturated carbocycles. The number of fused-ring (bicyclic) bond motifs is 1. The van der Waals surface area contributed by atoms with E-state index < -0.39 is 0 Å². The van der Waals surface area contributed by atoms with Crippen molar-refractivity contribution in [3.63, 3.8) is 0 Å². The van der Waals surface area contributed by atoms with E-state index in [4.69, 9.17) is 4.74 Å². The van der Waals surface area contributed by atoms with Crippen LogP contribution in [0.3, 0.4) is 0 Å². The van der Waals surface area contributed by atoms with Crippen molar-refractivity contribution in [3.8, 4) is 5.75 Å². The molecule has 0 N–H and O–H groups in total. The molecule has 0 radical (unpaired) electrons. The topological polar surface area (TPSA) is 62.7 Å².